The number of ether oxygens (including phenoxy) is 2. The fourth-order valence-electron chi connectivity index (χ4n) is 4.72. The molecular weight excluding hydrogens is 530 g/mol. The quantitative estimate of drug-likeness (QED) is 0.365. The van der Waals surface area contributed by atoms with E-state index in [1.54, 1.807) is 0 Å². The summed E-state index contributed by atoms with van der Waals surface area (Å²) in [6.07, 6.45) is 0. The molecule has 2 heterocycles. The second-order valence-corrected chi connectivity index (χ2v) is 13.2. The molecule has 0 amide bonds. The second-order valence-electron chi connectivity index (χ2n) is 13.2. The highest BCUT2D eigenvalue weighted by Gasteiger charge is 2.52. The van der Waals surface area contributed by atoms with Gasteiger partial charge in [-0.05, 0) is 95.1 Å². The summed E-state index contributed by atoms with van der Waals surface area (Å²) in [4.78, 5) is 0. The molecule has 7 nitrogen and oxygen atoms in total. The first-order valence-corrected chi connectivity index (χ1v) is 14.6. The monoisotopic (exact) mass is 572 g/mol. The van der Waals surface area contributed by atoms with Crippen LogP contribution in [0.15, 0.2) is 66.7 Å². The van der Waals surface area contributed by atoms with Crippen LogP contribution in [0.2, 0.25) is 0 Å². The maximum absolute atomic E-state index is 9.81. The van der Waals surface area contributed by atoms with Crippen molar-refractivity contribution in [2.75, 3.05) is 0 Å². The maximum Gasteiger partial charge on any atom is 0.494 e. The van der Waals surface area contributed by atoms with Gasteiger partial charge in [-0.1, -0.05) is 48.5 Å². The largest absolute Gasteiger partial charge is 0.494 e. The van der Waals surface area contributed by atoms with Crippen LogP contribution >= 0.6 is 0 Å². The van der Waals surface area contributed by atoms with Crippen LogP contribution in [0, 0.1) is 0 Å². The minimum absolute atomic E-state index is 0.112. The van der Waals surface area contributed by atoms with Crippen LogP contribution in [-0.4, -0.2) is 41.7 Å². The number of aliphatic hydroxyl groups is 1. The van der Waals surface area contributed by atoms with Crippen LogP contribution in [0.25, 0.3) is 0 Å². The minimum atomic E-state index is -0.397. The number of hydrogen-bond acceptors (Lipinski definition) is 7. The minimum Gasteiger partial charge on any atom is -0.489 e. The molecule has 0 aromatic heterocycles. The maximum atomic E-state index is 9.81. The van der Waals surface area contributed by atoms with Crippen LogP contribution in [0.3, 0.4) is 0 Å². The van der Waals surface area contributed by atoms with Gasteiger partial charge in [0, 0.05) is 6.07 Å². The molecule has 222 valence electrons. The molecule has 1 N–H and O–H groups in total. The summed E-state index contributed by atoms with van der Waals surface area (Å²) in [7, 11) is -0.795. The third-order valence-electron chi connectivity index (χ3n) is 8.94. The van der Waals surface area contributed by atoms with Gasteiger partial charge in [0.1, 0.15) is 24.7 Å². The Morgan fingerprint density at radius 2 is 0.857 bits per heavy atom. The standard InChI is InChI=1S/C33H42B2O7/c1-30(2)31(3,4)40-34(39-30)26-13-9-23(10-14-26)21-37-28-17-25(20-36)18-29(19-28)38-22-24-11-15-27(16-12-24)35-41-32(5,6)33(7,8)42-35/h9-19,36H,20-22H2,1-8H3. The van der Waals surface area contributed by atoms with Crippen molar-refractivity contribution in [3.63, 3.8) is 0 Å². The van der Waals surface area contributed by atoms with Crippen LogP contribution in [-0.2, 0) is 38.4 Å². The second kappa shape index (κ2) is 11.4. The molecule has 9 heteroatoms. The molecule has 2 aliphatic rings. The summed E-state index contributed by atoms with van der Waals surface area (Å²) in [5, 5.41) is 9.81. The number of rotatable bonds is 9. The first-order chi connectivity index (χ1) is 19.7. The van der Waals surface area contributed by atoms with Crippen molar-refractivity contribution >= 4 is 25.2 Å². The van der Waals surface area contributed by atoms with E-state index in [1.165, 1.54) is 0 Å². The first-order valence-electron chi connectivity index (χ1n) is 14.6. The van der Waals surface area contributed by atoms with Gasteiger partial charge in [0.2, 0.25) is 0 Å². The predicted molar refractivity (Wildman–Crippen MR) is 165 cm³/mol. The van der Waals surface area contributed by atoms with Crippen molar-refractivity contribution < 1.29 is 33.2 Å². The molecule has 0 spiro atoms. The molecule has 0 aliphatic carbocycles. The molecule has 0 unspecified atom stereocenters. The zero-order valence-corrected chi connectivity index (χ0v) is 26.0. The smallest absolute Gasteiger partial charge is 0.489 e. The topological polar surface area (TPSA) is 75.6 Å². The fourth-order valence-corrected chi connectivity index (χ4v) is 4.72. The summed E-state index contributed by atoms with van der Waals surface area (Å²) < 4.78 is 36.8. The lowest BCUT2D eigenvalue weighted by Crippen LogP contribution is -2.41. The van der Waals surface area contributed by atoms with Crippen LogP contribution in [0.1, 0.15) is 72.1 Å². The summed E-state index contributed by atoms with van der Waals surface area (Å²) in [5.74, 6) is 1.25. The Labute approximate surface area is 250 Å². The van der Waals surface area contributed by atoms with Crippen molar-refractivity contribution in [1.29, 1.82) is 0 Å². The van der Waals surface area contributed by atoms with Crippen molar-refractivity contribution in [2.45, 2.75) is 97.6 Å². The van der Waals surface area contributed by atoms with Gasteiger partial charge >= 0.3 is 14.2 Å². The van der Waals surface area contributed by atoms with E-state index in [0.717, 1.165) is 27.6 Å². The molecule has 2 saturated heterocycles. The summed E-state index contributed by atoms with van der Waals surface area (Å²) in [6, 6.07) is 21.6. The Balaban J connectivity index is 1.18. The van der Waals surface area contributed by atoms with E-state index >= 15 is 0 Å². The lowest BCUT2D eigenvalue weighted by molar-refractivity contribution is 0.00578. The summed E-state index contributed by atoms with van der Waals surface area (Å²) in [5.41, 5.74) is 3.16. The Morgan fingerprint density at radius 3 is 1.17 bits per heavy atom. The third kappa shape index (κ3) is 6.41. The molecular formula is C33H42B2O7. The van der Waals surface area contributed by atoms with E-state index in [2.05, 4.69) is 0 Å². The normalized spacial score (nSPS) is 20.1. The zero-order chi connectivity index (χ0) is 30.3. The fraction of sp³-hybridized carbons (Fsp3) is 0.455. The van der Waals surface area contributed by atoms with E-state index in [0.29, 0.717) is 24.7 Å². The Kier molecular flexibility index (Phi) is 8.29. The van der Waals surface area contributed by atoms with Crippen LogP contribution in [0.5, 0.6) is 11.5 Å². The molecule has 42 heavy (non-hydrogen) atoms. The summed E-state index contributed by atoms with van der Waals surface area (Å²) in [6.45, 7) is 17.0. The van der Waals surface area contributed by atoms with Gasteiger partial charge < -0.3 is 33.2 Å². The third-order valence-corrected chi connectivity index (χ3v) is 8.94. The van der Waals surface area contributed by atoms with Crippen molar-refractivity contribution in [3.05, 3.63) is 83.4 Å². The van der Waals surface area contributed by atoms with Gasteiger partial charge in [-0.15, -0.1) is 0 Å². The van der Waals surface area contributed by atoms with Crippen molar-refractivity contribution in [2.24, 2.45) is 0 Å². The van der Waals surface area contributed by atoms with E-state index in [4.69, 9.17) is 28.1 Å². The number of benzene rings is 3. The van der Waals surface area contributed by atoms with E-state index in [-0.39, 0.29) is 29.0 Å². The number of aliphatic hydroxyl groups excluding tert-OH is 1. The van der Waals surface area contributed by atoms with Gasteiger partial charge in [0.25, 0.3) is 0 Å². The molecule has 2 aliphatic heterocycles. The molecule has 0 bridgehead atoms. The molecule has 3 aromatic carbocycles. The molecule has 5 rings (SSSR count). The van der Waals surface area contributed by atoms with E-state index in [1.807, 2.05) is 122 Å². The van der Waals surface area contributed by atoms with E-state index in [9.17, 15) is 5.11 Å². The summed E-state index contributed by atoms with van der Waals surface area (Å²) >= 11 is 0. The molecule has 0 atom stereocenters. The van der Waals surface area contributed by atoms with Gasteiger partial charge in [-0.2, -0.15) is 0 Å². The van der Waals surface area contributed by atoms with Crippen molar-refractivity contribution in [1.82, 2.24) is 0 Å². The lowest BCUT2D eigenvalue weighted by Gasteiger charge is -2.32. The highest BCUT2D eigenvalue weighted by molar-refractivity contribution is 6.62. The van der Waals surface area contributed by atoms with Gasteiger partial charge in [-0.25, -0.2) is 0 Å². The average molecular weight is 572 g/mol. The van der Waals surface area contributed by atoms with E-state index < -0.39 is 14.2 Å². The number of hydrogen-bond donors (Lipinski definition) is 1. The Bertz CT molecular complexity index is 1250. The van der Waals surface area contributed by atoms with Crippen LogP contribution in [0.4, 0.5) is 0 Å². The zero-order valence-electron chi connectivity index (χ0n) is 26.0. The van der Waals surface area contributed by atoms with Crippen molar-refractivity contribution in [3.8, 4) is 11.5 Å². The molecule has 0 radical (unpaired) electrons. The molecule has 3 aromatic rings. The molecule has 2 fully saturated rings. The van der Waals surface area contributed by atoms with Gasteiger partial charge in [0.15, 0.2) is 0 Å². The Morgan fingerprint density at radius 1 is 0.524 bits per heavy atom. The van der Waals surface area contributed by atoms with Gasteiger partial charge in [-0.3, -0.25) is 0 Å². The highest BCUT2D eigenvalue weighted by atomic mass is 16.7. The lowest BCUT2D eigenvalue weighted by atomic mass is 9.79. The SMILES string of the molecule is CC1(C)OB(c2ccc(COc3cc(CO)cc(OCc4ccc(B5OC(C)(C)C(C)(C)O5)cc4)c3)cc2)OC1(C)C. The first kappa shape index (κ1) is 30.6. The highest BCUT2D eigenvalue weighted by Crippen LogP contribution is 2.37. The Hall–Kier alpha value is -2.81. The van der Waals surface area contributed by atoms with Gasteiger partial charge in [0.05, 0.1) is 29.0 Å². The average Bonchev–Trinajstić information content (AvgIpc) is 3.30. The van der Waals surface area contributed by atoms with Crippen LogP contribution < -0.4 is 20.4 Å². The predicted octanol–water partition coefficient (Wildman–Crippen LogP) is 4.94. The molecule has 0 saturated carbocycles.